The number of carboxylic acids is 1. The van der Waals surface area contributed by atoms with Gasteiger partial charge in [-0.25, -0.2) is 0 Å². The van der Waals surface area contributed by atoms with Crippen molar-refractivity contribution in [2.24, 2.45) is 11.8 Å². The Labute approximate surface area is 97.9 Å². The topological polar surface area (TPSA) is 49.3 Å². The predicted molar refractivity (Wildman–Crippen MR) is 65.4 cm³/mol. The van der Waals surface area contributed by atoms with E-state index >= 15 is 0 Å². The minimum atomic E-state index is -0.615. The average molecular weight is 225 g/mol. The lowest BCUT2D eigenvalue weighted by Crippen LogP contribution is -2.28. The van der Waals surface area contributed by atoms with E-state index in [1.54, 1.807) is 0 Å². The first-order valence-corrected chi connectivity index (χ1v) is 6.16. The average Bonchev–Trinajstić information content (AvgIpc) is 2.25. The Kier molecular flexibility index (Phi) is 5.53. The Morgan fingerprint density at radius 1 is 1.31 bits per heavy atom. The van der Waals surface area contributed by atoms with Gasteiger partial charge in [-0.15, -0.1) is 0 Å². The van der Waals surface area contributed by atoms with Gasteiger partial charge in [0.15, 0.2) is 0 Å². The minimum absolute atomic E-state index is 0.0889. The summed E-state index contributed by atoms with van der Waals surface area (Å²) in [6.07, 6.45) is 6.00. The van der Waals surface area contributed by atoms with Gasteiger partial charge in [-0.2, -0.15) is 0 Å². The maximum absolute atomic E-state index is 10.8. The monoisotopic (exact) mass is 225 g/mol. The van der Waals surface area contributed by atoms with Crippen molar-refractivity contribution >= 4 is 5.97 Å². The Bertz CT molecular complexity index is 249. The third-order valence-corrected chi connectivity index (χ3v) is 3.28. The number of nitrogens with one attached hydrogen (secondary N) is 1. The van der Waals surface area contributed by atoms with E-state index in [0.29, 0.717) is 5.92 Å². The number of carbonyl (C=O) groups is 1. The van der Waals surface area contributed by atoms with Crippen molar-refractivity contribution in [2.75, 3.05) is 13.1 Å². The van der Waals surface area contributed by atoms with Gasteiger partial charge in [-0.1, -0.05) is 11.6 Å². The number of aliphatic carboxylic acids is 1. The van der Waals surface area contributed by atoms with Crippen LogP contribution in [0.25, 0.3) is 0 Å². The first-order valence-electron chi connectivity index (χ1n) is 6.16. The molecule has 0 unspecified atom stereocenters. The summed E-state index contributed by atoms with van der Waals surface area (Å²) >= 11 is 0. The van der Waals surface area contributed by atoms with Crippen molar-refractivity contribution < 1.29 is 9.90 Å². The van der Waals surface area contributed by atoms with Gasteiger partial charge in [-0.3, -0.25) is 4.79 Å². The molecule has 3 nitrogen and oxygen atoms in total. The Hall–Kier alpha value is -0.830. The number of carboxylic acid groups (broad SMARTS) is 1. The minimum Gasteiger partial charge on any atom is -0.481 e. The zero-order valence-electron chi connectivity index (χ0n) is 10.3. The maximum atomic E-state index is 10.8. The molecule has 0 atom stereocenters. The van der Waals surface area contributed by atoms with Crippen molar-refractivity contribution in [3.05, 3.63) is 11.6 Å². The smallest absolute Gasteiger partial charge is 0.306 e. The third-order valence-electron chi connectivity index (χ3n) is 3.28. The third kappa shape index (κ3) is 4.79. The highest BCUT2D eigenvalue weighted by atomic mass is 16.4. The van der Waals surface area contributed by atoms with Crippen LogP contribution in [-0.2, 0) is 4.79 Å². The van der Waals surface area contributed by atoms with E-state index in [-0.39, 0.29) is 5.92 Å². The molecule has 1 fully saturated rings. The van der Waals surface area contributed by atoms with Gasteiger partial charge >= 0.3 is 5.97 Å². The SMILES string of the molecule is CC(C)=CCNCC1CCC(C(=O)O)CC1. The van der Waals surface area contributed by atoms with Crippen molar-refractivity contribution in [2.45, 2.75) is 39.5 Å². The van der Waals surface area contributed by atoms with Crippen molar-refractivity contribution in [3.63, 3.8) is 0 Å². The Morgan fingerprint density at radius 3 is 2.44 bits per heavy atom. The van der Waals surface area contributed by atoms with Crippen LogP contribution in [0.2, 0.25) is 0 Å². The molecule has 0 saturated heterocycles. The zero-order chi connectivity index (χ0) is 12.0. The molecule has 0 amide bonds. The number of allylic oxidation sites excluding steroid dienone is 1. The molecule has 0 radical (unpaired) electrons. The maximum Gasteiger partial charge on any atom is 0.306 e. The van der Waals surface area contributed by atoms with Gasteiger partial charge in [0.25, 0.3) is 0 Å². The van der Waals surface area contributed by atoms with Crippen LogP contribution in [-0.4, -0.2) is 24.2 Å². The molecule has 0 bridgehead atoms. The molecule has 1 rings (SSSR count). The fourth-order valence-corrected chi connectivity index (χ4v) is 2.18. The molecule has 0 heterocycles. The van der Waals surface area contributed by atoms with Crippen LogP contribution < -0.4 is 5.32 Å². The largest absolute Gasteiger partial charge is 0.481 e. The summed E-state index contributed by atoms with van der Waals surface area (Å²) in [7, 11) is 0. The molecule has 1 aliphatic carbocycles. The van der Waals surface area contributed by atoms with E-state index < -0.39 is 5.97 Å². The fourth-order valence-electron chi connectivity index (χ4n) is 2.18. The van der Waals surface area contributed by atoms with E-state index in [1.807, 2.05) is 0 Å². The summed E-state index contributed by atoms with van der Waals surface area (Å²) in [6.45, 7) is 6.15. The highest BCUT2D eigenvalue weighted by molar-refractivity contribution is 5.69. The van der Waals surface area contributed by atoms with Gasteiger partial charge in [0, 0.05) is 6.54 Å². The van der Waals surface area contributed by atoms with Gasteiger partial charge in [0.05, 0.1) is 5.92 Å². The van der Waals surface area contributed by atoms with E-state index in [0.717, 1.165) is 38.8 Å². The standard InChI is InChI=1S/C13H23NO2/c1-10(2)7-8-14-9-11-3-5-12(6-4-11)13(15)16/h7,11-12,14H,3-6,8-9H2,1-2H3,(H,15,16). The molecule has 1 aliphatic rings. The van der Waals surface area contributed by atoms with E-state index in [9.17, 15) is 4.79 Å². The molecular weight excluding hydrogens is 202 g/mol. The van der Waals surface area contributed by atoms with Crippen LogP contribution in [0.1, 0.15) is 39.5 Å². The lowest BCUT2D eigenvalue weighted by molar-refractivity contribution is -0.143. The summed E-state index contributed by atoms with van der Waals surface area (Å²) in [6, 6.07) is 0. The fraction of sp³-hybridized carbons (Fsp3) is 0.769. The van der Waals surface area contributed by atoms with Crippen molar-refractivity contribution in [1.82, 2.24) is 5.32 Å². The summed E-state index contributed by atoms with van der Waals surface area (Å²) in [5, 5.41) is 12.3. The van der Waals surface area contributed by atoms with Crippen LogP contribution in [0.5, 0.6) is 0 Å². The lowest BCUT2D eigenvalue weighted by atomic mass is 9.82. The summed E-state index contributed by atoms with van der Waals surface area (Å²) in [5.74, 6) is -0.0360. The highest BCUT2D eigenvalue weighted by Gasteiger charge is 2.25. The molecule has 0 aliphatic heterocycles. The van der Waals surface area contributed by atoms with E-state index in [4.69, 9.17) is 5.11 Å². The molecule has 2 N–H and O–H groups in total. The molecule has 1 saturated carbocycles. The quantitative estimate of drug-likeness (QED) is 0.558. The number of rotatable bonds is 5. The molecule has 0 aromatic rings. The molecule has 0 aromatic heterocycles. The Balaban J connectivity index is 2.13. The second-order valence-corrected chi connectivity index (χ2v) is 5.00. The zero-order valence-corrected chi connectivity index (χ0v) is 10.3. The second kappa shape index (κ2) is 6.69. The highest BCUT2D eigenvalue weighted by Crippen LogP contribution is 2.28. The molecular formula is C13H23NO2. The first kappa shape index (κ1) is 13.2. The summed E-state index contributed by atoms with van der Waals surface area (Å²) < 4.78 is 0. The van der Waals surface area contributed by atoms with Gasteiger partial charge < -0.3 is 10.4 Å². The van der Waals surface area contributed by atoms with Crippen LogP contribution in [0, 0.1) is 11.8 Å². The van der Waals surface area contributed by atoms with Crippen LogP contribution >= 0.6 is 0 Å². The molecule has 0 aromatic carbocycles. The summed E-state index contributed by atoms with van der Waals surface area (Å²) in [4.78, 5) is 10.8. The Morgan fingerprint density at radius 2 is 1.94 bits per heavy atom. The molecule has 3 heteroatoms. The van der Waals surface area contributed by atoms with Crippen molar-refractivity contribution in [1.29, 1.82) is 0 Å². The molecule has 0 spiro atoms. The lowest BCUT2D eigenvalue weighted by Gasteiger charge is -2.26. The number of hydrogen-bond acceptors (Lipinski definition) is 2. The van der Waals surface area contributed by atoms with E-state index in [2.05, 4.69) is 25.2 Å². The van der Waals surface area contributed by atoms with Crippen molar-refractivity contribution in [3.8, 4) is 0 Å². The first-order chi connectivity index (χ1) is 7.59. The van der Waals surface area contributed by atoms with Gasteiger partial charge in [-0.05, 0) is 52.0 Å². The van der Waals surface area contributed by atoms with Crippen LogP contribution in [0.4, 0.5) is 0 Å². The molecule has 92 valence electrons. The summed E-state index contributed by atoms with van der Waals surface area (Å²) in [5.41, 5.74) is 1.34. The van der Waals surface area contributed by atoms with Gasteiger partial charge in [0.2, 0.25) is 0 Å². The van der Waals surface area contributed by atoms with Crippen LogP contribution in [0.3, 0.4) is 0 Å². The second-order valence-electron chi connectivity index (χ2n) is 5.00. The predicted octanol–water partition coefficient (Wildman–Crippen LogP) is 2.43. The number of hydrogen-bond donors (Lipinski definition) is 2. The molecule has 16 heavy (non-hydrogen) atoms. The van der Waals surface area contributed by atoms with E-state index in [1.165, 1.54) is 5.57 Å². The normalized spacial score (nSPS) is 25.1. The van der Waals surface area contributed by atoms with Crippen LogP contribution in [0.15, 0.2) is 11.6 Å². The van der Waals surface area contributed by atoms with Gasteiger partial charge in [0.1, 0.15) is 0 Å².